The van der Waals surface area contributed by atoms with E-state index in [0.717, 1.165) is 15.7 Å². The molecule has 3 aromatic rings. The van der Waals surface area contributed by atoms with Gasteiger partial charge < -0.3 is 20.7 Å². The first-order chi connectivity index (χ1) is 15.6. The van der Waals surface area contributed by atoms with Crippen molar-refractivity contribution in [2.75, 3.05) is 30.9 Å². The molecule has 1 unspecified atom stereocenters. The maximum atomic E-state index is 14.8. The number of anilines is 2. The lowest BCUT2D eigenvalue weighted by atomic mass is 10.0. The lowest BCUT2D eigenvalue weighted by Gasteiger charge is -2.36. The zero-order chi connectivity index (χ0) is 24.0. The predicted octanol–water partition coefficient (Wildman–Crippen LogP) is 3.92. The third-order valence-electron chi connectivity index (χ3n) is 5.60. The maximum absolute atomic E-state index is 14.8. The standard InChI is InChI=1S/C22H24F3N7O/c1-12-10-17-18(11-13(12)2)32-20(30-17)28-15(4)21(32,22(23,24)25)31-14(3)16-6-7-26-19(29-16)27-8-9-33-5/h6-7,10-11,31H,3-4,8-9H2,1-2,5H3,(H,28,30)(H,26,27,29). The molecule has 33 heavy (non-hydrogen) atoms. The molecular weight excluding hydrogens is 435 g/mol. The highest BCUT2D eigenvalue weighted by Crippen LogP contribution is 2.49. The lowest BCUT2D eigenvalue weighted by molar-refractivity contribution is -0.203. The molecule has 0 spiro atoms. The van der Waals surface area contributed by atoms with Crippen molar-refractivity contribution in [3.63, 3.8) is 0 Å². The van der Waals surface area contributed by atoms with Crippen molar-refractivity contribution in [3.05, 3.63) is 60.1 Å². The Kier molecular flexibility index (Phi) is 5.52. The highest BCUT2D eigenvalue weighted by Gasteiger charge is 2.63. The van der Waals surface area contributed by atoms with E-state index in [0.29, 0.717) is 24.2 Å². The highest BCUT2D eigenvalue weighted by atomic mass is 19.4. The fourth-order valence-electron chi connectivity index (χ4n) is 3.78. The van der Waals surface area contributed by atoms with Crippen molar-refractivity contribution < 1.29 is 17.9 Å². The third kappa shape index (κ3) is 3.67. The summed E-state index contributed by atoms with van der Waals surface area (Å²) in [5.41, 5.74) is -0.335. The highest BCUT2D eigenvalue weighted by molar-refractivity contribution is 5.83. The van der Waals surface area contributed by atoms with Gasteiger partial charge in [0.05, 0.1) is 34.7 Å². The molecule has 1 atom stereocenters. The number of aryl methyl sites for hydroxylation is 2. The van der Waals surface area contributed by atoms with Crippen LogP contribution in [0.15, 0.2) is 43.3 Å². The van der Waals surface area contributed by atoms with Crippen LogP contribution in [0, 0.1) is 13.8 Å². The molecule has 0 radical (unpaired) electrons. The normalized spacial score (nSPS) is 17.7. The molecule has 0 saturated heterocycles. The van der Waals surface area contributed by atoms with E-state index in [2.05, 4.69) is 44.1 Å². The van der Waals surface area contributed by atoms with Gasteiger partial charge in [-0.25, -0.2) is 15.0 Å². The molecule has 0 fully saturated rings. The Morgan fingerprint density at radius 2 is 1.97 bits per heavy atom. The molecule has 8 nitrogen and oxygen atoms in total. The van der Waals surface area contributed by atoms with E-state index in [1.54, 1.807) is 19.2 Å². The number of halogens is 3. The van der Waals surface area contributed by atoms with Crippen LogP contribution in [0.1, 0.15) is 16.8 Å². The Bertz CT molecular complexity index is 1250. The summed E-state index contributed by atoms with van der Waals surface area (Å²) in [5.74, 6) is 0.291. The van der Waals surface area contributed by atoms with Gasteiger partial charge in [-0.1, -0.05) is 13.2 Å². The first kappa shape index (κ1) is 22.6. The summed E-state index contributed by atoms with van der Waals surface area (Å²) in [7, 11) is 1.56. The molecule has 0 aliphatic carbocycles. The molecule has 11 heteroatoms. The van der Waals surface area contributed by atoms with Gasteiger partial charge >= 0.3 is 6.18 Å². The Morgan fingerprint density at radius 1 is 1.24 bits per heavy atom. The molecule has 1 aromatic carbocycles. The number of rotatable bonds is 7. The summed E-state index contributed by atoms with van der Waals surface area (Å²) in [6.45, 7) is 12.1. The average Bonchev–Trinajstić information content (AvgIpc) is 3.22. The van der Waals surface area contributed by atoms with Crippen molar-refractivity contribution in [2.45, 2.75) is 25.7 Å². The number of fused-ring (bicyclic) bond motifs is 3. The van der Waals surface area contributed by atoms with Crippen LogP contribution in [0.5, 0.6) is 0 Å². The van der Waals surface area contributed by atoms with Gasteiger partial charge in [0.2, 0.25) is 11.9 Å². The van der Waals surface area contributed by atoms with E-state index in [4.69, 9.17) is 4.74 Å². The fraction of sp³-hybridized carbons (Fsp3) is 0.318. The van der Waals surface area contributed by atoms with Crippen molar-refractivity contribution in [1.29, 1.82) is 0 Å². The smallest absolute Gasteiger partial charge is 0.383 e. The van der Waals surface area contributed by atoms with Gasteiger partial charge in [-0.3, -0.25) is 4.57 Å². The minimum absolute atomic E-state index is 0.0437. The SMILES string of the molecule is C=C(NC1(C(F)(F)F)C(=C)Nc2nc3cc(C)c(C)cc3n21)c1ccnc(NCCOC)n1. The van der Waals surface area contributed by atoms with Crippen LogP contribution in [0.4, 0.5) is 25.1 Å². The van der Waals surface area contributed by atoms with Crippen LogP contribution >= 0.6 is 0 Å². The number of ether oxygens (including phenoxy) is 1. The van der Waals surface area contributed by atoms with E-state index >= 15 is 0 Å². The van der Waals surface area contributed by atoms with E-state index in [9.17, 15) is 13.2 Å². The molecule has 0 saturated carbocycles. The molecule has 3 heterocycles. The lowest BCUT2D eigenvalue weighted by Crippen LogP contribution is -2.56. The topological polar surface area (TPSA) is 88.9 Å². The summed E-state index contributed by atoms with van der Waals surface area (Å²) >= 11 is 0. The number of hydrogen-bond donors (Lipinski definition) is 3. The zero-order valence-corrected chi connectivity index (χ0v) is 18.5. The van der Waals surface area contributed by atoms with Crippen molar-refractivity contribution in [3.8, 4) is 0 Å². The number of methoxy groups -OCH3 is 1. The molecular formula is C22H24F3N7O. The number of benzene rings is 1. The summed E-state index contributed by atoms with van der Waals surface area (Å²) in [4.78, 5) is 12.7. The summed E-state index contributed by atoms with van der Waals surface area (Å²) in [6, 6.07) is 4.93. The van der Waals surface area contributed by atoms with Crippen molar-refractivity contribution in [1.82, 2.24) is 24.8 Å². The molecule has 1 aliphatic heterocycles. The maximum Gasteiger partial charge on any atom is 0.436 e. The minimum Gasteiger partial charge on any atom is -0.383 e. The molecule has 0 bridgehead atoms. The summed E-state index contributed by atoms with van der Waals surface area (Å²) in [5, 5.41) is 8.21. The van der Waals surface area contributed by atoms with Gasteiger partial charge in [-0.15, -0.1) is 0 Å². The first-order valence-corrected chi connectivity index (χ1v) is 10.1. The van der Waals surface area contributed by atoms with Gasteiger partial charge in [0.15, 0.2) is 0 Å². The molecule has 4 rings (SSSR count). The third-order valence-corrected chi connectivity index (χ3v) is 5.60. The van der Waals surface area contributed by atoms with Gasteiger partial charge in [-0.05, 0) is 43.2 Å². The van der Waals surface area contributed by atoms with Crippen LogP contribution < -0.4 is 16.0 Å². The molecule has 2 aromatic heterocycles. The Morgan fingerprint density at radius 3 is 2.67 bits per heavy atom. The van der Waals surface area contributed by atoms with Gasteiger partial charge in [-0.2, -0.15) is 13.2 Å². The Hall–Kier alpha value is -3.60. The number of alkyl halides is 3. The quantitative estimate of drug-likeness (QED) is 0.462. The van der Waals surface area contributed by atoms with E-state index in [1.165, 1.54) is 12.3 Å². The molecule has 0 amide bonds. The van der Waals surface area contributed by atoms with E-state index in [1.807, 2.05) is 13.8 Å². The van der Waals surface area contributed by atoms with Crippen LogP contribution in [-0.4, -0.2) is 46.0 Å². The summed E-state index contributed by atoms with van der Waals surface area (Å²) < 4.78 is 50.4. The summed E-state index contributed by atoms with van der Waals surface area (Å²) in [6.07, 6.45) is -3.35. The number of aromatic nitrogens is 4. The van der Waals surface area contributed by atoms with Crippen LogP contribution in [-0.2, 0) is 10.4 Å². The Balaban J connectivity index is 1.78. The second-order valence-corrected chi connectivity index (χ2v) is 7.80. The van der Waals surface area contributed by atoms with E-state index < -0.39 is 11.8 Å². The van der Waals surface area contributed by atoms with Crippen molar-refractivity contribution >= 4 is 28.6 Å². The molecule has 174 valence electrons. The zero-order valence-electron chi connectivity index (χ0n) is 18.5. The number of imidazole rings is 1. The van der Waals surface area contributed by atoms with Crippen molar-refractivity contribution in [2.24, 2.45) is 0 Å². The predicted molar refractivity (Wildman–Crippen MR) is 121 cm³/mol. The van der Waals surface area contributed by atoms with Gasteiger partial charge in [0, 0.05) is 19.9 Å². The molecule has 3 N–H and O–H groups in total. The van der Waals surface area contributed by atoms with Crippen LogP contribution in [0.3, 0.4) is 0 Å². The van der Waals surface area contributed by atoms with Crippen LogP contribution in [0.2, 0.25) is 0 Å². The van der Waals surface area contributed by atoms with Crippen LogP contribution in [0.25, 0.3) is 16.7 Å². The number of nitrogens with zero attached hydrogens (tertiary/aromatic N) is 4. The monoisotopic (exact) mass is 459 g/mol. The Labute approximate surface area is 188 Å². The number of nitrogens with one attached hydrogen (secondary N) is 3. The largest absolute Gasteiger partial charge is 0.436 e. The van der Waals surface area contributed by atoms with Gasteiger partial charge in [0.25, 0.3) is 5.66 Å². The van der Waals surface area contributed by atoms with Gasteiger partial charge in [0.1, 0.15) is 0 Å². The second kappa shape index (κ2) is 8.07. The van der Waals surface area contributed by atoms with E-state index in [-0.39, 0.29) is 29.0 Å². The average molecular weight is 459 g/mol. The first-order valence-electron chi connectivity index (χ1n) is 10.1. The fourth-order valence-corrected chi connectivity index (χ4v) is 3.78. The number of hydrogen-bond acceptors (Lipinski definition) is 7. The second-order valence-electron chi connectivity index (χ2n) is 7.80. The minimum atomic E-state index is -4.79. The molecule has 1 aliphatic rings.